The number of rotatable bonds is 2. The highest BCUT2D eigenvalue weighted by Gasteiger charge is 2.45. The molecule has 1 atom stereocenters. The number of amides is 3. The Kier molecular flexibility index (Phi) is 3.86. The SMILES string of the molecule is CC(C)(C)C(C(=O)O)C(=O)N1CCC2(CC1)CNC(=O)N2. The molecule has 118 valence electrons. The minimum absolute atomic E-state index is 0.173. The van der Waals surface area contributed by atoms with E-state index >= 15 is 0 Å². The molecule has 1 spiro atoms. The highest BCUT2D eigenvalue weighted by Crippen LogP contribution is 2.31. The quantitative estimate of drug-likeness (QED) is 0.643. The average molecular weight is 297 g/mol. The van der Waals surface area contributed by atoms with E-state index in [1.165, 1.54) is 0 Å². The lowest BCUT2D eigenvalue weighted by atomic mass is 9.79. The maximum atomic E-state index is 12.5. The van der Waals surface area contributed by atoms with Crippen LogP contribution < -0.4 is 10.6 Å². The number of nitrogens with zero attached hydrogens (tertiary/aromatic N) is 1. The summed E-state index contributed by atoms with van der Waals surface area (Å²) in [6.07, 6.45) is 1.29. The molecule has 7 nitrogen and oxygen atoms in total. The Balaban J connectivity index is 2.03. The fraction of sp³-hybridized carbons (Fsp3) is 0.786. The average Bonchev–Trinajstić information content (AvgIpc) is 2.69. The Morgan fingerprint density at radius 3 is 2.24 bits per heavy atom. The summed E-state index contributed by atoms with van der Waals surface area (Å²) in [6.45, 7) is 6.79. The summed E-state index contributed by atoms with van der Waals surface area (Å²) >= 11 is 0. The van der Waals surface area contributed by atoms with Gasteiger partial charge in [0.05, 0.1) is 5.54 Å². The molecule has 0 aromatic rings. The number of carboxylic acids is 1. The van der Waals surface area contributed by atoms with Crippen molar-refractivity contribution in [1.82, 2.24) is 15.5 Å². The first-order valence-electron chi connectivity index (χ1n) is 7.22. The van der Waals surface area contributed by atoms with Gasteiger partial charge in [0, 0.05) is 19.6 Å². The fourth-order valence-electron chi connectivity index (χ4n) is 3.06. The topological polar surface area (TPSA) is 98.7 Å². The standard InChI is InChI=1S/C14H23N3O4/c1-13(2,3)9(11(19)20)10(18)17-6-4-14(5-7-17)8-15-12(21)16-14/h9H,4-8H2,1-3H3,(H,19,20)(H2,15,16,21). The van der Waals surface area contributed by atoms with Gasteiger partial charge in [0.25, 0.3) is 0 Å². The number of carbonyl (C=O) groups excluding carboxylic acids is 2. The molecule has 2 saturated heterocycles. The first-order valence-corrected chi connectivity index (χ1v) is 7.22. The second-order valence-electron chi connectivity index (χ2n) is 7.05. The maximum absolute atomic E-state index is 12.5. The molecule has 21 heavy (non-hydrogen) atoms. The van der Waals surface area contributed by atoms with Gasteiger partial charge < -0.3 is 20.6 Å². The highest BCUT2D eigenvalue weighted by molar-refractivity contribution is 5.97. The van der Waals surface area contributed by atoms with Gasteiger partial charge in [-0.1, -0.05) is 20.8 Å². The Bertz CT molecular complexity index is 461. The zero-order valence-corrected chi connectivity index (χ0v) is 12.7. The van der Waals surface area contributed by atoms with Crippen LogP contribution in [-0.2, 0) is 9.59 Å². The number of nitrogens with one attached hydrogen (secondary N) is 2. The van der Waals surface area contributed by atoms with E-state index in [4.69, 9.17) is 0 Å². The van der Waals surface area contributed by atoms with Gasteiger partial charge in [-0.3, -0.25) is 9.59 Å². The van der Waals surface area contributed by atoms with Crippen molar-refractivity contribution in [2.45, 2.75) is 39.2 Å². The normalized spacial score (nSPS) is 22.6. The van der Waals surface area contributed by atoms with Crippen LogP contribution in [0.25, 0.3) is 0 Å². The second kappa shape index (κ2) is 5.20. The number of piperidine rings is 1. The van der Waals surface area contributed by atoms with Crippen LogP contribution >= 0.6 is 0 Å². The first-order chi connectivity index (χ1) is 9.65. The lowest BCUT2D eigenvalue weighted by molar-refractivity contribution is -0.156. The van der Waals surface area contributed by atoms with Gasteiger partial charge in [0.1, 0.15) is 5.92 Å². The van der Waals surface area contributed by atoms with Crippen molar-refractivity contribution in [3.8, 4) is 0 Å². The third-order valence-electron chi connectivity index (χ3n) is 4.36. The number of urea groups is 1. The van der Waals surface area contributed by atoms with Gasteiger partial charge in [-0.2, -0.15) is 0 Å². The van der Waals surface area contributed by atoms with Crippen molar-refractivity contribution < 1.29 is 19.5 Å². The summed E-state index contributed by atoms with van der Waals surface area (Å²) in [5.74, 6) is -2.45. The van der Waals surface area contributed by atoms with Crippen molar-refractivity contribution in [3.05, 3.63) is 0 Å². The molecule has 0 bridgehead atoms. The molecule has 0 radical (unpaired) electrons. The van der Waals surface area contributed by atoms with E-state index in [9.17, 15) is 19.5 Å². The van der Waals surface area contributed by atoms with Crippen molar-refractivity contribution in [3.63, 3.8) is 0 Å². The van der Waals surface area contributed by atoms with Gasteiger partial charge >= 0.3 is 12.0 Å². The van der Waals surface area contributed by atoms with Crippen LogP contribution in [0.5, 0.6) is 0 Å². The molecule has 7 heteroatoms. The van der Waals surface area contributed by atoms with Gasteiger partial charge in [0.2, 0.25) is 5.91 Å². The van der Waals surface area contributed by atoms with E-state index < -0.39 is 17.3 Å². The summed E-state index contributed by atoms with van der Waals surface area (Å²) in [5, 5.41) is 15.0. The number of likely N-dealkylation sites (tertiary alicyclic amines) is 1. The number of carboxylic acid groups (broad SMARTS) is 1. The van der Waals surface area contributed by atoms with Crippen LogP contribution in [0, 0.1) is 11.3 Å². The predicted octanol–water partition coefficient (Wildman–Crippen LogP) is 0.407. The smallest absolute Gasteiger partial charge is 0.316 e. The third-order valence-corrected chi connectivity index (χ3v) is 4.36. The maximum Gasteiger partial charge on any atom is 0.316 e. The van der Waals surface area contributed by atoms with E-state index in [-0.39, 0.29) is 17.5 Å². The summed E-state index contributed by atoms with van der Waals surface area (Å²) in [6, 6.07) is -0.173. The lowest BCUT2D eigenvalue weighted by Crippen LogP contribution is -2.56. The van der Waals surface area contributed by atoms with E-state index in [0.717, 1.165) is 0 Å². The fourth-order valence-corrected chi connectivity index (χ4v) is 3.06. The molecule has 3 N–H and O–H groups in total. The predicted molar refractivity (Wildman–Crippen MR) is 75.7 cm³/mol. The summed E-state index contributed by atoms with van der Waals surface area (Å²) < 4.78 is 0. The van der Waals surface area contributed by atoms with Gasteiger partial charge in [-0.25, -0.2) is 4.79 Å². The molecule has 2 fully saturated rings. The zero-order chi connectivity index (χ0) is 15.8. The molecule has 2 aliphatic rings. The molecule has 0 aromatic heterocycles. The highest BCUT2D eigenvalue weighted by atomic mass is 16.4. The molecular weight excluding hydrogens is 274 g/mol. The molecule has 2 heterocycles. The van der Waals surface area contributed by atoms with Crippen molar-refractivity contribution in [2.24, 2.45) is 11.3 Å². The minimum atomic E-state index is -1.08. The van der Waals surface area contributed by atoms with Gasteiger partial charge in [-0.05, 0) is 18.3 Å². The molecular formula is C14H23N3O4. The van der Waals surface area contributed by atoms with E-state index in [0.29, 0.717) is 32.5 Å². The van der Waals surface area contributed by atoms with Crippen LogP contribution in [0.2, 0.25) is 0 Å². The molecule has 0 aliphatic carbocycles. The van der Waals surface area contributed by atoms with Gasteiger partial charge in [0.15, 0.2) is 0 Å². The van der Waals surface area contributed by atoms with Crippen LogP contribution in [0.3, 0.4) is 0 Å². The lowest BCUT2D eigenvalue weighted by Gasteiger charge is -2.40. The van der Waals surface area contributed by atoms with Crippen LogP contribution in [0.15, 0.2) is 0 Å². The number of aliphatic carboxylic acids is 1. The Morgan fingerprint density at radius 1 is 1.29 bits per heavy atom. The van der Waals surface area contributed by atoms with Crippen LogP contribution in [0.4, 0.5) is 4.79 Å². The van der Waals surface area contributed by atoms with Gasteiger partial charge in [-0.15, -0.1) is 0 Å². The Morgan fingerprint density at radius 2 is 1.86 bits per heavy atom. The number of carbonyl (C=O) groups is 3. The summed E-state index contributed by atoms with van der Waals surface area (Å²) in [7, 11) is 0. The number of hydrogen-bond donors (Lipinski definition) is 3. The second-order valence-corrected chi connectivity index (χ2v) is 7.05. The minimum Gasteiger partial charge on any atom is -0.481 e. The number of hydrogen-bond acceptors (Lipinski definition) is 3. The Labute approximate surface area is 124 Å². The molecule has 2 rings (SSSR count). The monoisotopic (exact) mass is 297 g/mol. The molecule has 1 unspecified atom stereocenters. The third kappa shape index (κ3) is 3.11. The first kappa shape index (κ1) is 15.6. The summed E-state index contributed by atoms with van der Waals surface area (Å²) in [4.78, 5) is 36.8. The molecule has 3 amide bonds. The van der Waals surface area contributed by atoms with E-state index in [2.05, 4.69) is 10.6 Å². The molecule has 2 aliphatic heterocycles. The molecule has 0 aromatic carbocycles. The van der Waals surface area contributed by atoms with Crippen molar-refractivity contribution >= 4 is 17.9 Å². The molecule has 0 saturated carbocycles. The van der Waals surface area contributed by atoms with Crippen molar-refractivity contribution in [2.75, 3.05) is 19.6 Å². The zero-order valence-electron chi connectivity index (χ0n) is 12.7. The van der Waals surface area contributed by atoms with E-state index in [1.54, 1.807) is 25.7 Å². The van der Waals surface area contributed by atoms with Crippen molar-refractivity contribution in [1.29, 1.82) is 0 Å². The van der Waals surface area contributed by atoms with E-state index in [1.807, 2.05) is 0 Å². The van der Waals surface area contributed by atoms with Crippen LogP contribution in [0.1, 0.15) is 33.6 Å². The summed E-state index contributed by atoms with van der Waals surface area (Å²) in [5.41, 5.74) is -0.907. The Hall–Kier alpha value is -1.79. The van der Waals surface area contributed by atoms with Crippen LogP contribution in [-0.4, -0.2) is 53.1 Å². The largest absolute Gasteiger partial charge is 0.481 e.